The van der Waals surface area contributed by atoms with Gasteiger partial charge in [-0.2, -0.15) is 15.0 Å². The SMILES string of the molecule is C[C@@H](Nc1nc(Nc2cn(C)cn2)nc(N2CCOCC2)n1)c1ncc(F)cc1F. The highest BCUT2D eigenvalue weighted by molar-refractivity contribution is 5.52. The van der Waals surface area contributed by atoms with Gasteiger partial charge in [-0.15, -0.1) is 0 Å². The number of rotatable bonds is 6. The number of hydrogen-bond donors (Lipinski definition) is 2. The van der Waals surface area contributed by atoms with Gasteiger partial charge in [-0.3, -0.25) is 4.98 Å². The number of ether oxygens (including phenoxy) is 1. The van der Waals surface area contributed by atoms with E-state index in [1.165, 1.54) is 0 Å². The Kier molecular flexibility index (Phi) is 5.65. The monoisotopic (exact) mass is 417 g/mol. The summed E-state index contributed by atoms with van der Waals surface area (Å²) >= 11 is 0. The Morgan fingerprint density at radius 3 is 2.57 bits per heavy atom. The maximum absolute atomic E-state index is 14.1. The molecule has 0 spiro atoms. The molecule has 0 amide bonds. The number of pyridine rings is 1. The molecule has 0 saturated carbocycles. The van der Waals surface area contributed by atoms with Crippen molar-refractivity contribution in [3.05, 3.63) is 42.1 Å². The molecule has 3 aromatic rings. The molecule has 1 aliphatic heterocycles. The van der Waals surface area contributed by atoms with Crippen molar-refractivity contribution in [3.8, 4) is 0 Å². The third-order valence-corrected chi connectivity index (χ3v) is 4.45. The number of halogens is 2. The Labute approximate surface area is 171 Å². The number of hydrogen-bond acceptors (Lipinski definition) is 9. The van der Waals surface area contributed by atoms with Crippen molar-refractivity contribution in [2.45, 2.75) is 13.0 Å². The van der Waals surface area contributed by atoms with E-state index in [-0.39, 0.29) is 17.6 Å². The normalized spacial score (nSPS) is 15.1. The molecule has 0 aromatic carbocycles. The summed E-state index contributed by atoms with van der Waals surface area (Å²) in [6.45, 7) is 4.09. The average molecular weight is 417 g/mol. The van der Waals surface area contributed by atoms with Crippen molar-refractivity contribution in [3.63, 3.8) is 0 Å². The van der Waals surface area contributed by atoms with Crippen molar-refractivity contribution in [2.75, 3.05) is 41.8 Å². The maximum atomic E-state index is 14.1. The largest absolute Gasteiger partial charge is 0.378 e. The molecule has 1 saturated heterocycles. The Balaban J connectivity index is 1.62. The highest BCUT2D eigenvalue weighted by Gasteiger charge is 2.19. The molecule has 2 N–H and O–H groups in total. The summed E-state index contributed by atoms with van der Waals surface area (Å²) in [6, 6.07) is 0.189. The molecule has 0 bridgehead atoms. The van der Waals surface area contributed by atoms with Gasteiger partial charge in [-0.25, -0.2) is 13.8 Å². The second-order valence-electron chi connectivity index (χ2n) is 6.82. The van der Waals surface area contributed by atoms with E-state index in [4.69, 9.17) is 4.74 Å². The van der Waals surface area contributed by atoms with E-state index in [1.807, 2.05) is 11.9 Å². The second kappa shape index (κ2) is 8.53. The highest BCUT2D eigenvalue weighted by atomic mass is 19.1. The third-order valence-electron chi connectivity index (χ3n) is 4.45. The zero-order valence-electron chi connectivity index (χ0n) is 16.5. The summed E-state index contributed by atoms with van der Waals surface area (Å²) in [5.74, 6) is 0.0515. The molecule has 1 aliphatic rings. The predicted molar refractivity (Wildman–Crippen MR) is 106 cm³/mol. The summed E-state index contributed by atoms with van der Waals surface area (Å²) in [6.07, 6.45) is 4.40. The summed E-state index contributed by atoms with van der Waals surface area (Å²) in [4.78, 5) is 23.3. The van der Waals surface area contributed by atoms with Gasteiger partial charge in [0.05, 0.1) is 37.5 Å². The minimum Gasteiger partial charge on any atom is -0.378 e. The molecule has 0 aliphatic carbocycles. The molecular formula is C18H21F2N9O. The Morgan fingerprint density at radius 2 is 1.87 bits per heavy atom. The molecule has 12 heteroatoms. The lowest BCUT2D eigenvalue weighted by molar-refractivity contribution is 0.122. The van der Waals surface area contributed by atoms with Gasteiger partial charge in [0, 0.05) is 32.4 Å². The van der Waals surface area contributed by atoms with Crippen LogP contribution in [0.2, 0.25) is 0 Å². The number of aryl methyl sites for hydroxylation is 1. The van der Waals surface area contributed by atoms with E-state index in [9.17, 15) is 8.78 Å². The van der Waals surface area contributed by atoms with Crippen LogP contribution >= 0.6 is 0 Å². The summed E-state index contributed by atoms with van der Waals surface area (Å²) in [7, 11) is 1.85. The molecule has 30 heavy (non-hydrogen) atoms. The molecule has 10 nitrogen and oxygen atoms in total. The first-order valence-corrected chi connectivity index (χ1v) is 9.39. The zero-order chi connectivity index (χ0) is 21.1. The van der Waals surface area contributed by atoms with Crippen LogP contribution in [0.1, 0.15) is 18.7 Å². The van der Waals surface area contributed by atoms with Gasteiger partial charge in [-0.05, 0) is 6.92 Å². The van der Waals surface area contributed by atoms with Gasteiger partial charge < -0.3 is 24.8 Å². The van der Waals surface area contributed by atoms with Crippen LogP contribution in [0.4, 0.5) is 32.4 Å². The van der Waals surface area contributed by atoms with Crippen molar-refractivity contribution >= 4 is 23.7 Å². The molecule has 4 rings (SSSR count). The lowest BCUT2D eigenvalue weighted by Crippen LogP contribution is -2.37. The summed E-state index contributed by atoms with van der Waals surface area (Å²) in [5.41, 5.74) is 0.0592. The molecule has 158 valence electrons. The zero-order valence-corrected chi connectivity index (χ0v) is 16.5. The van der Waals surface area contributed by atoms with Gasteiger partial charge in [-0.1, -0.05) is 0 Å². The van der Waals surface area contributed by atoms with Crippen LogP contribution in [0.15, 0.2) is 24.8 Å². The number of morpholine rings is 1. The first-order valence-electron chi connectivity index (χ1n) is 9.39. The third kappa shape index (κ3) is 4.59. The minimum atomic E-state index is -0.746. The molecule has 1 atom stereocenters. The van der Waals surface area contributed by atoms with Gasteiger partial charge in [0.2, 0.25) is 17.8 Å². The van der Waals surface area contributed by atoms with Gasteiger partial charge in [0.15, 0.2) is 5.82 Å². The van der Waals surface area contributed by atoms with Gasteiger partial charge in [0.1, 0.15) is 11.6 Å². The molecule has 1 fully saturated rings. The van der Waals surface area contributed by atoms with Crippen molar-refractivity contribution in [1.82, 2.24) is 29.5 Å². The first kappa shape index (κ1) is 19.9. The maximum Gasteiger partial charge on any atom is 0.235 e. The Morgan fingerprint density at radius 1 is 1.10 bits per heavy atom. The van der Waals surface area contributed by atoms with E-state index < -0.39 is 17.7 Å². The van der Waals surface area contributed by atoms with E-state index in [2.05, 4.69) is 35.6 Å². The quantitative estimate of drug-likeness (QED) is 0.623. The van der Waals surface area contributed by atoms with Crippen LogP contribution in [0.3, 0.4) is 0 Å². The average Bonchev–Trinajstić information content (AvgIpc) is 3.13. The van der Waals surface area contributed by atoms with E-state index in [0.717, 1.165) is 12.3 Å². The fourth-order valence-corrected chi connectivity index (χ4v) is 2.99. The van der Waals surface area contributed by atoms with E-state index in [0.29, 0.717) is 38.1 Å². The summed E-state index contributed by atoms with van der Waals surface area (Å²) < 4.78 is 34.4. The van der Waals surface area contributed by atoms with E-state index in [1.54, 1.807) is 24.0 Å². The second-order valence-corrected chi connectivity index (χ2v) is 6.82. The van der Waals surface area contributed by atoms with Crippen LogP contribution in [-0.2, 0) is 11.8 Å². The van der Waals surface area contributed by atoms with Gasteiger partial charge >= 0.3 is 0 Å². The van der Waals surface area contributed by atoms with Crippen molar-refractivity contribution in [1.29, 1.82) is 0 Å². The minimum absolute atomic E-state index is 0.0592. The molecule has 0 unspecified atom stereocenters. The molecule has 3 aromatic heterocycles. The van der Waals surface area contributed by atoms with Crippen LogP contribution in [0.5, 0.6) is 0 Å². The van der Waals surface area contributed by atoms with Crippen LogP contribution in [0, 0.1) is 11.6 Å². The fourth-order valence-electron chi connectivity index (χ4n) is 2.99. The number of nitrogens with one attached hydrogen (secondary N) is 2. The Hall–Kier alpha value is -3.41. The summed E-state index contributed by atoms with van der Waals surface area (Å²) in [5, 5.41) is 6.06. The molecule has 0 radical (unpaired) electrons. The lowest BCUT2D eigenvalue weighted by atomic mass is 10.2. The van der Waals surface area contributed by atoms with Crippen LogP contribution in [-0.4, -0.2) is 55.8 Å². The topological polar surface area (TPSA) is 106 Å². The number of imidazole rings is 1. The lowest BCUT2D eigenvalue weighted by Gasteiger charge is -2.27. The van der Waals surface area contributed by atoms with Crippen molar-refractivity contribution in [2.24, 2.45) is 7.05 Å². The Bertz CT molecular complexity index is 1020. The number of aromatic nitrogens is 6. The molecule has 4 heterocycles. The first-order chi connectivity index (χ1) is 14.5. The number of anilines is 4. The van der Waals surface area contributed by atoms with E-state index >= 15 is 0 Å². The highest BCUT2D eigenvalue weighted by Crippen LogP contribution is 2.22. The molecular weight excluding hydrogens is 396 g/mol. The smallest absolute Gasteiger partial charge is 0.235 e. The number of nitrogens with zero attached hydrogens (tertiary/aromatic N) is 7. The fraction of sp³-hybridized carbons (Fsp3) is 0.389. The van der Waals surface area contributed by atoms with Crippen LogP contribution in [0.25, 0.3) is 0 Å². The predicted octanol–water partition coefficient (Wildman–Crippen LogP) is 2.03. The standard InChI is InChI=1S/C18H21F2N9O/c1-11(15-13(20)7-12(19)8-21-15)23-16-25-17(24-14-9-28(2)10-22-14)27-18(26-16)29-3-5-30-6-4-29/h7-11H,3-6H2,1-2H3,(H2,23,24,25,26,27)/t11-/m1/s1. The van der Waals surface area contributed by atoms with Crippen LogP contribution < -0.4 is 15.5 Å². The van der Waals surface area contributed by atoms with Crippen molar-refractivity contribution < 1.29 is 13.5 Å². The van der Waals surface area contributed by atoms with Gasteiger partial charge in [0.25, 0.3) is 0 Å².